The van der Waals surface area contributed by atoms with Crippen LogP contribution >= 0.6 is 0 Å². The van der Waals surface area contributed by atoms with Gasteiger partial charge in [0, 0.05) is 31.0 Å². The molecule has 0 bridgehead atoms. The van der Waals surface area contributed by atoms with Gasteiger partial charge in [-0.25, -0.2) is 4.79 Å². The molecule has 0 aliphatic carbocycles. The van der Waals surface area contributed by atoms with Gasteiger partial charge in [-0.05, 0) is 30.9 Å². The van der Waals surface area contributed by atoms with Crippen molar-refractivity contribution in [2.75, 3.05) is 19.8 Å². The number of ether oxygens (including phenoxy) is 4. The summed E-state index contributed by atoms with van der Waals surface area (Å²) in [6.07, 6.45) is 3.36. The van der Waals surface area contributed by atoms with E-state index in [1.165, 1.54) is 11.1 Å². The maximum atomic E-state index is 12.5. The molecule has 0 fully saturated rings. The van der Waals surface area contributed by atoms with E-state index in [1.54, 1.807) is 6.92 Å². The molecule has 0 N–H and O–H groups in total. The van der Waals surface area contributed by atoms with Crippen molar-refractivity contribution in [2.45, 2.75) is 52.1 Å². The molecular formula is C30H36O5. The standard InChI is InChI=1S/C30H36O5/c1-3-5-16-29(30(31)32-4-2)35-28-22-26(33-19-17-24-12-8-6-9-13-24)21-27(23-28)34-20-18-25-14-10-7-11-15-25/h6-15,21-23,29H,3-5,16-20H2,1-2H3. The summed E-state index contributed by atoms with van der Waals surface area (Å²) in [5.41, 5.74) is 2.42. The van der Waals surface area contributed by atoms with Crippen LogP contribution in [0.4, 0.5) is 0 Å². The first-order chi connectivity index (χ1) is 17.2. The molecule has 3 aromatic rings. The Morgan fingerprint density at radius 1 is 0.743 bits per heavy atom. The Balaban J connectivity index is 1.71. The Hall–Kier alpha value is -3.47. The average molecular weight is 477 g/mol. The second-order valence-electron chi connectivity index (χ2n) is 8.31. The Kier molecular flexibility index (Phi) is 11.0. The van der Waals surface area contributed by atoms with Gasteiger partial charge in [0.15, 0.2) is 6.10 Å². The zero-order valence-electron chi connectivity index (χ0n) is 20.8. The molecular weight excluding hydrogens is 440 g/mol. The van der Waals surface area contributed by atoms with Gasteiger partial charge in [0.05, 0.1) is 19.8 Å². The van der Waals surface area contributed by atoms with Crippen LogP contribution in [0, 0.1) is 0 Å². The van der Waals surface area contributed by atoms with Gasteiger partial charge < -0.3 is 18.9 Å². The second kappa shape index (κ2) is 14.7. The van der Waals surface area contributed by atoms with E-state index in [0.717, 1.165) is 25.7 Å². The summed E-state index contributed by atoms with van der Waals surface area (Å²) in [6, 6.07) is 25.9. The SMILES string of the molecule is CCCCC(Oc1cc(OCCc2ccccc2)cc(OCCc2ccccc2)c1)C(=O)OCC. The summed E-state index contributed by atoms with van der Waals surface area (Å²) in [6.45, 7) is 5.25. The topological polar surface area (TPSA) is 54.0 Å². The van der Waals surface area contributed by atoms with Crippen molar-refractivity contribution in [3.63, 3.8) is 0 Å². The van der Waals surface area contributed by atoms with Crippen LogP contribution in [0.25, 0.3) is 0 Å². The first-order valence-electron chi connectivity index (χ1n) is 12.5. The van der Waals surface area contributed by atoms with Gasteiger partial charge in [-0.1, -0.05) is 74.0 Å². The van der Waals surface area contributed by atoms with Crippen molar-refractivity contribution in [1.82, 2.24) is 0 Å². The number of esters is 1. The van der Waals surface area contributed by atoms with Gasteiger partial charge in [0.1, 0.15) is 17.2 Å². The molecule has 0 saturated heterocycles. The third-order valence-electron chi connectivity index (χ3n) is 5.51. The van der Waals surface area contributed by atoms with Crippen LogP contribution in [0.2, 0.25) is 0 Å². The smallest absolute Gasteiger partial charge is 0.347 e. The highest BCUT2D eigenvalue weighted by Gasteiger charge is 2.22. The summed E-state index contributed by atoms with van der Waals surface area (Å²) < 4.78 is 23.4. The maximum Gasteiger partial charge on any atom is 0.347 e. The van der Waals surface area contributed by atoms with Crippen LogP contribution in [-0.4, -0.2) is 31.9 Å². The van der Waals surface area contributed by atoms with E-state index in [2.05, 4.69) is 31.2 Å². The van der Waals surface area contributed by atoms with E-state index in [9.17, 15) is 4.79 Å². The quantitative estimate of drug-likeness (QED) is 0.237. The van der Waals surface area contributed by atoms with E-state index in [-0.39, 0.29) is 5.97 Å². The third kappa shape index (κ3) is 9.36. The van der Waals surface area contributed by atoms with Gasteiger partial charge in [0.25, 0.3) is 0 Å². The van der Waals surface area contributed by atoms with Gasteiger partial charge in [0.2, 0.25) is 0 Å². The number of benzene rings is 3. The molecule has 1 atom stereocenters. The van der Waals surface area contributed by atoms with Gasteiger partial charge in [-0.2, -0.15) is 0 Å². The molecule has 0 aliphatic rings. The molecule has 0 heterocycles. The lowest BCUT2D eigenvalue weighted by Crippen LogP contribution is -2.29. The van der Waals surface area contributed by atoms with Gasteiger partial charge in [-0.3, -0.25) is 0 Å². The number of carbonyl (C=O) groups is 1. The first kappa shape index (κ1) is 26.1. The van der Waals surface area contributed by atoms with Gasteiger partial charge >= 0.3 is 5.97 Å². The lowest BCUT2D eigenvalue weighted by molar-refractivity contribution is -0.151. The molecule has 0 saturated carbocycles. The van der Waals surface area contributed by atoms with Crippen LogP contribution in [0.5, 0.6) is 17.2 Å². The molecule has 0 amide bonds. The minimum atomic E-state index is -0.661. The lowest BCUT2D eigenvalue weighted by atomic mass is 10.1. The maximum absolute atomic E-state index is 12.5. The van der Waals surface area contributed by atoms with Crippen molar-refractivity contribution >= 4 is 5.97 Å². The first-order valence-corrected chi connectivity index (χ1v) is 12.5. The Bertz CT molecular complexity index is 940. The highest BCUT2D eigenvalue weighted by atomic mass is 16.6. The fourth-order valence-corrected chi connectivity index (χ4v) is 3.66. The van der Waals surface area contributed by atoms with Crippen LogP contribution in [0.15, 0.2) is 78.9 Å². The van der Waals surface area contributed by atoms with Crippen molar-refractivity contribution in [2.24, 2.45) is 0 Å². The highest BCUT2D eigenvalue weighted by Crippen LogP contribution is 2.30. The summed E-state index contributed by atoms with van der Waals surface area (Å²) in [7, 11) is 0. The summed E-state index contributed by atoms with van der Waals surface area (Å²) >= 11 is 0. The molecule has 186 valence electrons. The lowest BCUT2D eigenvalue weighted by Gasteiger charge is -2.19. The van der Waals surface area contributed by atoms with Crippen molar-refractivity contribution in [1.29, 1.82) is 0 Å². The van der Waals surface area contributed by atoms with Crippen LogP contribution in [0.3, 0.4) is 0 Å². The second-order valence-corrected chi connectivity index (χ2v) is 8.31. The van der Waals surface area contributed by atoms with Crippen molar-refractivity contribution < 1.29 is 23.7 Å². The predicted octanol–water partition coefficient (Wildman–Crippen LogP) is 6.43. The highest BCUT2D eigenvalue weighted by molar-refractivity contribution is 5.75. The predicted molar refractivity (Wildman–Crippen MR) is 138 cm³/mol. The van der Waals surface area contributed by atoms with E-state index in [0.29, 0.717) is 43.5 Å². The van der Waals surface area contributed by atoms with Crippen LogP contribution in [0.1, 0.15) is 44.2 Å². The summed E-state index contributed by atoms with van der Waals surface area (Å²) in [5.74, 6) is 1.48. The number of hydrogen-bond donors (Lipinski definition) is 0. The number of unbranched alkanes of at least 4 members (excludes halogenated alkanes) is 1. The van der Waals surface area contributed by atoms with Crippen LogP contribution in [-0.2, 0) is 22.4 Å². The van der Waals surface area contributed by atoms with Crippen LogP contribution < -0.4 is 14.2 Å². The van der Waals surface area contributed by atoms with Crippen molar-refractivity contribution in [3.05, 3.63) is 90.0 Å². The minimum Gasteiger partial charge on any atom is -0.493 e. The zero-order valence-corrected chi connectivity index (χ0v) is 20.8. The fourth-order valence-electron chi connectivity index (χ4n) is 3.66. The Morgan fingerprint density at radius 3 is 1.74 bits per heavy atom. The fraction of sp³-hybridized carbons (Fsp3) is 0.367. The summed E-state index contributed by atoms with van der Waals surface area (Å²) in [5, 5.41) is 0. The summed E-state index contributed by atoms with van der Waals surface area (Å²) in [4.78, 5) is 12.5. The molecule has 5 heteroatoms. The van der Waals surface area contributed by atoms with E-state index in [4.69, 9.17) is 18.9 Å². The molecule has 0 spiro atoms. The van der Waals surface area contributed by atoms with E-state index in [1.807, 2.05) is 54.6 Å². The van der Waals surface area contributed by atoms with Gasteiger partial charge in [-0.15, -0.1) is 0 Å². The molecule has 35 heavy (non-hydrogen) atoms. The number of rotatable bonds is 15. The largest absolute Gasteiger partial charge is 0.493 e. The van der Waals surface area contributed by atoms with Crippen molar-refractivity contribution in [3.8, 4) is 17.2 Å². The molecule has 0 radical (unpaired) electrons. The van der Waals surface area contributed by atoms with E-state index < -0.39 is 6.10 Å². The minimum absolute atomic E-state index is 0.321. The monoisotopic (exact) mass is 476 g/mol. The normalized spacial score (nSPS) is 11.5. The number of hydrogen-bond acceptors (Lipinski definition) is 5. The molecule has 5 nitrogen and oxygen atoms in total. The van der Waals surface area contributed by atoms with E-state index >= 15 is 0 Å². The molecule has 0 aliphatic heterocycles. The zero-order chi connectivity index (χ0) is 24.7. The molecule has 3 aromatic carbocycles. The number of carbonyl (C=O) groups excluding carboxylic acids is 1. The Labute approximate surface area is 209 Å². The average Bonchev–Trinajstić information content (AvgIpc) is 2.88. The third-order valence-corrected chi connectivity index (χ3v) is 5.51. The molecule has 1 unspecified atom stereocenters. The molecule has 0 aromatic heterocycles. The Morgan fingerprint density at radius 2 is 1.26 bits per heavy atom. The molecule has 3 rings (SSSR count).